The van der Waals surface area contributed by atoms with Gasteiger partial charge in [-0.05, 0) is 31.0 Å². The Hall–Kier alpha value is -3.14. The lowest BCUT2D eigenvalue weighted by Gasteiger charge is -2.19. The lowest BCUT2D eigenvalue weighted by molar-refractivity contribution is -0.384. The molecular weight excluding hydrogens is 374 g/mol. The quantitative estimate of drug-likeness (QED) is 0.499. The van der Waals surface area contributed by atoms with Crippen molar-refractivity contribution in [1.82, 2.24) is 4.57 Å². The summed E-state index contributed by atoms with van der Waals surface area (Å²) in [6, 6.07) is 8.46. The van der Waals surface area contributed by atoms with Crippen LogP contribution in [0.4, 0.5) is 11.4 Å². The van der Waals surface area contributed by atoms with Gasteiger partial charge in [0.2, 0.25) is 0 Å². The number of anilines is 1. The molecule has 0 fully saturated rings. The van der Waals surface area contributed by atoms with Gasteiger partial charge < -0.3 is 4.42 Å². The van der Waals surface area contributed by atoms with Gasteiger partial charge in [0.25, 0.3) is 15.7 Å². The number of aryl methyl sites for hydroxylation is 1. The Balaban J connectivity index is 1.82. The first-order valence-electron chi connectivity index (χ1n) is 8.26. The smallest absolute Gasteiger partial charge is 0.408 e. The molecule has 4 rings (SSSR count). The average Bonchev–Trinajstić information content (AvgIpc) is 3.20. The van der Waals surface area contributed by atoms with Gasteiger partial charge in [-0.2, -0.15) is 0 Å². The fourth-order valence-corrected chi connectivity index (χ4v) is 4.85. The van der Waals surface area contributed by atoms with E-state index >= 15 is 0 Å². The summed E-state index contributed by atoms with van der Waals surface area (Å²) in [5, 5.41) is 11.0. The number of hydrogen-bond acceptors (Lipinski definition) is 6. The zero-order valence-electron chi connectivity index (χ0n) is 14.3. The second-order valence-electron chi connectivity index (χ2n) is 6.14. The summed E-state index contributed by atoms with van der Waals surface area (Å²) < 4.78 is 33.9. The first-order valence-corrected chi connectivity index (χ1v) is 9.70. The van der Waals surface area contributed by atoms with Crippen LogP contribution in [0, 0.1) is 10.1 Å². The highest BCUT2D eigenvalue weighted by Gasteiger charge is 2.32. The molecule has 2 heterocycles. The van der Waals surface area contributed by atoms with Crippen LogP contribution in [0.1, 0.15) is 12.5 Å². The van der Waals surface area contributed by atoms with Crippen molar-refractivity contribution in [3.05, 3.63) is 62.6 Å². The number of nitrogens with zero attached hydrogens (tertiary/aromatic N) is 3. The molecule has 0 radical (unpaired) electrons. The zero-order chi connectivity index (χ0) is 19.3. The molecule has 27 heavy (non-hydrogen) atoms. The third kappa shape index (κ3) is 2.60. The summed E-state index contributed by atoms with van der Waals surface area (Å²) in [7, 11) is -3.96. The third-order valence-electron chi connectivity index (χ3n) is 4.68. The summed E-state index contributed by atoms with van der Waals surface area (Å²) in [5.74, 6) is -0.552. The lowest BCUT2D eigenvalue weighted by atomic mass is 10.1. The molecule has 3 aromatic rings. The molecule has 0 aliphatic carbocycles. The fourth-order valence-electron chi connectivity index (χ4n) is 3.34. The largest absolute Gasteiger partial charge is 0.419 e. The molecule has 0 amide bonds. The van der Waals surface area contributed by atoms with Crippen molar-refractivity contribution in [2.75, 3.05) is 10.8 Å². The van der Waals surface area contributed by atoms with Crippen LogP contribution in [0.5, 0.6) is 0 Å². The minimum atomic E-state index is -3.96. The maximum atomic E-state index is 13.1. The number of non-ortho nitro benzene ring substituents is 1. The molecule has 140 valence electrons. The van der Waals surface area contributed by atoms with Crippen molar-refractivity contribution in [3.8, 4) is 0 Å². The lowest BCUT2D eigenvalue weighted by Crippen LogP contribution is -2.29. The molecule has 2 aromatic carbocycles. The first-order chi connectivity index (χ1) is 12.8. The molecule has 1 aliphatic rings. The number of hydrogen-bond donors (Lipinski definition) is 0. The van der Waals surface area contributed by atoms with E-state index < -0.39 is 20.7 Å². The summed E-state index contributed by atoms with van der Waals surface area (Å²) in [6.45, 7) is 2.38. The Kier molecular flexibility index (Phi) is 3.81. The van der Waals surface area contributed by atoms with Gasteiger partial charge in [-0.15, -0.1) is 0 Å². The number of fused-ring (bicyclic) bond motifs is 2. The average molecular weight is 389 g/mol. The van der Waals surface area contributed by atoms with Gasteiger partial charge in [-0.3, -0.25) is 19.0 Å². The van der Waals surface area contributed by atoms with E-state index in [1.54, 1.807) is 13.0 Å². The van der Waals surface area contributed by atoms with Crippen molar-refractivity contribution >= 4 is 32.5 Å². The van der Waals surface area contributed by atoms with Gasteiger partial charge in [0.15, 0.2) is 5.58 Å². The van der Waals surface area contributed by atoms with E-state index in [1.807, 2.05) is 0 Å². The van der Waals surface area contributed by atoms with Crippen LogP contribution < -0.4 is 10.1 Å². The second kappa shape index (κ2) is 5.95. The van der Waals surface area contributed by atoms with Gasteiger partial charge in [-0.1, -0.05) is 6.07 Å². The molecule has 0 atom stereocenters. The van der Waals surface area contributed by atoms with Crippen molar-refractivity contribution in [3.63, 3.8) is 0 Å². The Morgan fingerprint density at radius 1 is 1.22 bits per heavy atom. The minimum Gasteiger partial charge on any atom is -0.408 e. The maximum absolute atomic E-state index is 13.1. The maximum Gasteiger partial charge on any atom is 0.419 e. The van der Waals surface area contributed by atoms with Gasteiger partial charge >= 0.3 is 5.76 Å². The fraction of sp³-hybridized carbons (Fsp3) is 0.235. The van der Waals surface area contributed by atoms with E-state index in [0.29, 0.717) is 24.2 Å². The second-order valence-corrected chi connectivity index (χ2v) is 8.00. The molecular formula is C17H15N3O6S. The van der Waals surface area contributed by atoms with Gasteiger partial charge in [-0.25, -0.2) is 13.2 Å². The molecule has 0 spiro atoms. The van der Waals surface area contributed by atoms with Gasteiger partial charge in [0, 0.05) is 31.3 Å². The summed E-state index contributed by atoms with van der Waals surface area (Å²) in [6.07, 6.45) is 0.468. The van der Waals surface area contributed by atoms with E-state index in [9.17, 15) is 23.3 Å². The van der Waals surface area contributed by atoms with Crippen LogP contribution in [0.3, 0.4) is 0 Å². The molecule has 1 aromatic heterocycles. The van der Waals surface area contributed by atoms with Crippen LogP contribution >= 0.6 is 0 Å². The van der Waals surface area contributed by atoms with E-state index in [1.165, 1.54) is 34.9 Å². The molecule has 1 aliphatic heterocycles. The molecule has 10 heteroatoms. The number of rotatable bonds is 4. The van der Waals surface area contributed by atoms with E-state index in [-0.39, 0.29) is 22.7 Å². The molecule has 0 saturated carbocycles. The van der Waals surface area contributed by atoms with Crippen molar-refractivity contribution in [2.45, 2.75) is 24.8 Å². The number of oxazole rings is 1. The molecule has 9 nitrogen and oxygen atoms in total. The highest BCUT2D eigenvalue weighted by atomic mass is 32.2. The van der Waals surface area contributed by atoms with Crippen LogP contribution in [-0.2, 0) is 23.0 Å². The summed E-state index contributed by atoms with van der Waals surface area (Å²) in [5.41, 5.74) is 1.56. The standard InChI is InChI=1S/C17H15N3O6S/c1-2-18-14-6-5-13(10-16(14)26-17(18)21)27(24,25)19-8-7-11-3-4-12(20(22)23)9-15(11)19/h3-6,9-10H,2,7-8H2,1H3. The molecule has 0 saturated heterocycles. The zero-order valence-corrected chi connectivity index (χ0v) is 15.1. The Morgan fingerprint density at radius 3 is 2.70 bits per heavy atom. The predicted octanol–water partition coefficient (Wildman–Crippen LogP) is 2.27. The molecule has 0 bridgehead atoms. The highest BCUT2D eigenvalue weighted by Crippen LogP contribution is 2.36. The minimum absolute atomic E-state index is 0.0358. The van der Waals surface area contributed by atoms with Crippen LogP contribution in [0.25, 0.3) is 11.1 Å². The Labute approximate surface area is 153 Å². The van der Waals surface area contributed by atoms with E-state index in [4.69, 9.17) is 4.42 Å². The monoisotopic (exact) mass is 389 g/mol. The van der Waals surface area contributed by atoms with Gasteiger partial charge in [0.1, 0.15) is 0 Å². The van der Waals surface area contributed by atoms with Crippen LogP contribution in [0.15, 0.2) is 50.5 Å². The SMILES string of the molecule is CCn1c(=O)oc2cc(S(=O)(=O)N3CCc4ccc([N+](=O)[O-])cc43)ccc21. The highest BCUT2D eigenvalue weighted by molar-refractivity contribution is 7.92. The topological polar surface area (TPSA) is 116 Å². The number of sulfonamides is 1. The molecule has 0 N–H and O–H groups in total. The third-order valence-corrected chi connectivity index (χ3v) is 6.49. The Bertz CT molecular complexity index is 1240. The number of benzene rings is 2. The van der Waals surface area contributed by atoms with Crippen molar-refractivity contribution in [2.24, 2.45) is 0 Å². The van der Waals surface area contributed by atoms with Crippen molar-refractivity contribution in [1.29, 1.82) is 0 Å². The molecule has 0 unspecified atom stereocenters. The van der Waals surface area contributed by atoms with E-state index in [0.717, 1.165) is 9.87 Å². The number of nitro benzene ring substituents is 1. The van der Waals surface area contributed by atoms with Crippen LogP contribution in [0.2, 0.25) is 0 Å². The van der Waals surface area contributed by atoms with E-state index in [2.05, 4.69) is 0 Å². The predicted molar refractivity (Wildman–Crippen MR) is 97.5 cm³/mol. The number of nitro groups is 1. The summed E-state index contributed by atoms with van der Waals surface area (Å²) in [4.78, 5) is 22.3. The van der Waals surface area contributed by atoms with Crippen LogP contribution in [-0.4, -0.2) is 24.5 Å². The van der Waals surface area contributed by atoms with Gasteiger partial charge in [0.05, 0.1) is 21.0 Å². The van der Waals surface area contributed by atoms with Crippen molar-refractivity contribution < 1.29 is 17.8 Å². The normalized spacial score (nSPS) is 13.9. The number of aromatic nitrogens is 1. The summed E-state index contributed by atoms with van der Waals surface area (Å²) >= 11 is 0. The first kappa shape index (κ1) is 17.3. The Morgan fingerprint density at radius 2 is 2.00 bits per heavy atom.